The summed E-state index contributed by atoms with van der Waals surface area (Å²) in [6, 6.07) is 84.4. The van der Waals surface area contributed by atoms with Gasteiger partial charge in [0.25, 0.3) is 0 Å². The molecular formula is C68H46. The van der Waals surface area contributed by atoms with Crippen molar-refractivity contribution in [1.29, 1.82) is 0 Å². The van der Waals surface area contributed by atoms with E-state index < -0.39 is 0 Å². The van der Waals surface area contributed by atoms with E-state index in [1.54, 1.807) is 0 Å². The summed E-state index contributed by atoms with van der Waals surface area (Å²) in [4.78, 5) is 0. The number of rotatable bonds is 5. The van der Waals surface area contributed by atoms with Crippen molar-refractivity contribution in [2.75, 3.05) is 0 Å². The van der Waals surface area contributed by atoms with Crippen LogP contribution in [0.4, 0.5) is 0 Å². The molecule has 0 fully saturated rings. The molecule has 68 heavy (non-hydrogen) atoms. The highest BCUT2D eigenvalue weighted by atomic mass is 14.4. The molecule has 0 aliphatic heterocycles. The Bertz CT molecular complexity index is 4050. The van der Waals surface area contributed by atoms with E-state index in [0.29, 0.717) is 0 Å². The minimum Gasteiger partial charge on any atom is -0.0622 e. The predicted octanol–water partition coefficient (Wildman–Crippen LogP) is 19.2. The summed E-state index contributed by atoms with van der Waals surface area (Å²) in [5, 5.41) is 10.3. The van der Waals surface area contributed by atoms with Gasteiger partial charge in [0, 0.05) is 0 Å². The third kappa shape index (κ3) is 5.55. The smallest absolute Gasteiger partial charge is 0.000731 e. The number of benzene rings is 12. The Morgan fingerprint density at radius 3 is 1.13 bits per heavy atom. The van der Waals surface area contributed by atoms with Crippen LogP contribution in [0.3, 0.4) is 0 Å². The Morgan fingerprint density at radius 1 is 0.235 bits per heavy atom. The zero-order valence-corrected chi connectivity index (χ0v) is 38.4. The molecule has 0 nitrogen and oxygen atoms in total. The highest BCUT2D eigenvalue weighted by Gasteiger charge is 2.34. The Balaban J connectivity index is 1.12. The van der Waals surface area contributed by atoms with Gasteiger partial charge in [-0.25, -0.2) is 0 Å². The third-order valence-electron chi connectivity index (χ3n) is 15.0. The van der Waals surface area contributed by atoms with Gasteiger partial charge in [-0.3, -0.25) is 0 Å². The molecular weight excluding hydrogens is 817 g/mol. The normalized spacial score (nSPS) is 12.3. The lowest BCUT2D eigenvalue weighted by Crippen LogP contribution is -2.11. The first-order valence-corrected chi connectivity index (χ1v) is 24.0. The summed E-state index contributed by atoms with van der Waals surface area (Å²) in [5.74, 6) is 0. The van der Waals surface area contributed by atoms with Crippen LogP contribution in [0.25, 0.3) is 143 Å². The molecule has 12 aromatic rings. The van der Waals surface area contributed by atoms with E-state index in [1.165, 1.54) is 149 Å². The van der Waals surface area contributed by atoms with Crippen molar-refractivity contribution in [2.24, 2.45) is 0 Å². The van der Waals surface area contributed by atoms with Crippen molar-refractivity contribution in [1.82, 2.24) is 0 Å². The molecule has 0 radical (unpaired) electrons. The summed E-state index contributed by atoms with van der Waals surface area (Å²) in [6.45, 7) is 7.09. The van der Waals surface area contributed by atoms with Crippen LogP contribution in [-0.2, 0) is 5.41 Å². The molecule has 12 aromatic carbocycles. The molecule has 318 valence electrons. The molecule has 0 unspecified atom stereocenters. The minimum atomic E-state index is -0.0994. The average molecular weight is 863 g/mol. The van der Waals surface area contributed by atoms with Gasteiger partial charge in [-0.05, 0) is 172 Å². The molecule has 0 spiro atoms. The lowest BCUT2D eigenvalue weighted by Gasteiger charge is -2.23. The standard InChI is InChI=1S/C68H46/c1-68(2,3)47-39-56-48(36-37-54-63(56)57(40-47)67-60(43-22-10-5-11-23-43)50-31-17-16-30-49(50)59(66(54)67)42-20-8-4-9-21-42)46-34-35-51-55(38-46)62(45-26-14-7-15-27-45)65-53-33-19-29-41-28-18-32-52(58(41)53)64(65)61(51)44-24-12-6-13-25-44/h4-40H,1-3H3. The molecule has 0 amide bonds. The molecule has 2 aliphatic rings. The molecule has 0 atom stereocenters. The maximum absolute atomic E-state index is 2.53. The summed E-state index contributed by atoms with van der Waals surface area (Å²) in [6.07, 6.45) is 0. The zero-order valence-electron chi connectivity index (χ0n) is 38.4. The maximum atomic E-state index is 2.53. The van der Waals surface area contributed by atoms with Crippen molar-refractivity contribution in [3.8, 4) is 100 Å². The maximum Gasteiger partial charge on any atom is -0.000731 e. The predicted molar refractivity (Wildman–Crippen MR) is 291 cm³/mol. The third-order valence-corrected chi connectivity index (χ3v) is 15.0. The van der Waals surface area contributed by atoms with E-state index in [0.717, 1.165) is 0 Å². The van der Waals surface area contributed by atoms with Gasteiger partial charge in [-0.2, -0.15) is 0 Å². The zero-order chi connectivity index (χ0) is 45.3. The van der Waals surface area contributed by atoms with E-state index >= 15 is 0 Å². The van der Waals surface area contributed by atoms with Crippen molar-refractivity contribution in [2.45, 2.75) is 26.2 Å². The summed E-state index contributed by atoms with van der Waals surface area (Å²) in [5.41, 5.74) is 24.4. The highest BCUT2D eigenvalue weighted by molar-refractivity contribution is 6.30. The van der Waals surface area contributed by atoms with Gasteiger partial charge in [0.15, 0.2) is 0 Å². The number of hydrogen-bond donors (Lipinski definition) is 0. The molecule has 0 heteroatoms. The fraction of sp³-hybridized carbons (Fsp3) is 0.0588. The number of fused-ring (bicyclic) bond motifs is 8. The van der Waals surface area contributed by atoms with Crippen LogP contribution in [-0.4, -0.2) is 0 Å². The lowest BCUT2D eigenvalue weighted by molar-refractivity contribution is 0.591. The SMILES string of the molecule is CC(C)(C)c1cc2c3c(ccc(-c4ccc5c(-c6ccccc6)c6c(c(-c7ccccc7)c5c4)-c4cccc5cccc-6c45)c3c1)-c1c-2c(-c2ccccc2)c2ccccc2c1-c1ccccc1. The topological polar surface area (TPSA) is 0 Å². The second-order valence-corrected chi connectivity index (χ2v) is 19.8. The molecule has 2 aliphatic carbocycles. The monoisotopic (exact) mass is 862 g/mol. The second kappa shape index (κ2) is 14.6. The first-order chi connectivity index (χ1) is 33.4. The van der Waals surface area contributed by atoms with Crippen LogP contribution in [0.1, 0.15) is 26.3 Å². The molecule has 0 N–H and O–H groups in total. The number of hydrogen-bond acceptors (Lipinski definition) is 0. The second-order valence-electron chi connectivity index (χ2n) is 19.8. The summed E-state index contributed by atoms with van der Waals surface area (Å²) >= 11 is 0. The summed E-state index contributed by atoms with van der Waals surface area (Å²) < 4.78 is 0. The molecule has 0 saturated heterocycles. The van der Waals surface area contributed by atoms with Crippen molar-refractivity contribution in [3.63, 3.8) is 0 Å². The van der Waals surface area contributed by atoms with Crippen molar-refractivity contribution in [3.05, 3.63) is 230 Å². The molecule has 0 heterocycles. The molecule has 0 bridgehead atoms. The highest BCUT2D eigenvalue weighted by Crippen LogP contribution is 2.61. The van der Waals surface area contributed by atoms with E-state index in [1.807, 2.05) is 0 Å². The lowest BCUT2D eigenvalue weighted by atomic mass is 9.80. The van der Waals surface area contributed by atoms with Gasteiger partial charge < -0.3 is 0 Å². The fourth-order valence-electron chi connectivity index (χ4n) is 12.1. The van der Waals surface area contributed by atoms with E-state index in [4.69, 9.17) is 0 Å². The van der Waals surface area contributed by atoms with E-state index in [-0.39, 0.29) is 5.41 Å². The summed E-state index contributed by atoms with van der Waals surface area (Å²) in [7, 11) is 0. The minimum absolute atomic E-state index is 0.0994. The Hall–Kier alpha value is -8.32. The average Bonchev–Trinajstić information content (AvgIpc) is 3.89. The van der Waals surface area contributed by atoms with E-state index in [2.05, 4.69) is 245 Å². The molecule has 14 rings (SSSR count). The van der Waals surface area contributed by atoms with E-state index in [9.17, 15) is 0 Å². The van der Waals surface area contributed by atoms with Crippen LogP contribution < -0.4 is 0 Å². The quantitative estimate of drug-likeness (QED) is 0.162. The first kappa shape index (κ1) is 38.9. The Morgan fingerprint density at radius 2 is 0.647 bits per heavy atom. The Kier molecular flexibility index (Phi) is 8.35. The first-order valence-electron chi connectivity index (χ1n) is 24.0. The Labute approximate surface area is 397 Å². The van der Waals surface area contributed by atoms with Crippen molar-refractivity contribution < 1.29 is 0 Å². The van der Waals surface area contributed by atoms with Crippen molar-refractivity contribution >= 4 is 43.1 Å². The molecule has 0 aromatic heterocycles. The van der Waals surface area contributed by atoms with Gasteiger partial charge in [-0.1, -0.05) is 227 Å². The van der Waals surface area contributed by atoms with Crippen LogP contribution >= 0.6 is 0 Å². The largest absolute Gasteiger partial charge is 0.0622 e. The van der Waals surface area contributed by atoms with Crippen LogP contribution in [0.2, 0.25) is 0 Å². The van der Waals surface area contributed by atoms with Gasteiger partial charge in [-0.15, -0.1) is 0 Å². The molecule has 0 saturated carbocycles. The fourth-order valence-corrected chi connectivity index (χ4v) is 12.1. The van der Waals surface area contributed by atoms with Crippen LogP contribution in [0.15, 0.2) is 224 Å². The van der Waals surface area contributed by atoms with Gasteiger partial charge in [0.2, 0.25) is 0 Å². The van der Waals surface area contributed by atoms with Gasteiger partial charge in [0.05, 0.1) is 0 Å². The van der Waals surface area contributed by atoms with Crippen LogP contribution in [0, 0.1) is 0 Å². The van der Waals surface area contributed by atoms with Crippen LogP contribution in [0.5, 0.6) is 0 Å². The van der Waals surface area contributed by atoms with Gasteiger partial charge in [0.1, 0.15) is 0 Å². The van der Waals surface area contributed by atoms with Gasteiger partial charge >= 0.3 is 0 Å².